The summed E-state index contributed by atoms with van der Waals surface area (Å²) in [4.78, 5) is 16.8. The minimum atomic E-state index is -0.263. The third-order valence-corrected chi connectivity index (χ3v) is 5.58. The predicted octanol–water partition coefficient (Wildman–Crippen LogP) is 3.83. The Bertz CT molecular complexity index is 1080. The highest BCUT2D eigenvalue weighted by atomic mass is 127. The Labute approximate surface area is 170 Å². The van der Waals surface area contributed by atoms with Gasteiger partial charge in [0.1, 0.15) is 5.82 Å². The maximum Gasteiger partial charge on any atom is 0.350 e. The molecule has 1 aromatic heterocycles. The van der Waals surface area contributed by atoms with Crippen molar-refractivity contribution < 1.29 is 9.47 Å². The fourth-order valence-corrected chi connectivity index (χ4v) is 3.83. The number of aryl methyl sites for hydroxylation is 1. The Morgan fingerprint density at radius 3 is 2.59 bits per heavy atom. The maximum atomic E-state index is 12.6. The second-order valence-corrected chi connectivity index (χ2v) is 7.34. The Hall–Kier alpha value is -2.55. The molecule has 1 N–H and O–H groups in total. The summed E-state index contributed by atoms with van der Waals surface area (Å²) in [5.74, 6) is 1.86. The predicted molar refractivity (Wildman–Crippen MR) is 113 cm³/mol. The molecule has 0 aliphatic carbocycles. The SMILES string of the molecule is COc1cc2c(cc1OC)-c1cc(Nc3ccccc3I)nc(=O)n1CC2. The summed E-state index contributed by atoms with van der Waals surface area (Å²) >= 11 is 2.25. The fraction of sp³-hybridized carbons (Fsp3) is 0.200. The molecule has 7 heteroatoms. The number of fused-ring (bicyclic) bond motifs is 3. The van der Waals surface area contributed by atoms with E-state index in [9.17, 15) is 4.79 Å². The first kappa shape index (κ1) is 17.8. The lowest BCUT2D eigenvalue weighted by Crippen LogP contribution is -2.28. The van der Waals surface area contributed by atoms with Crippen molar-refractivity contribution in [3.05, 3.63) is 62.1 Å². The summed E-state index contributed by atoms with van der Waals surface area (Å²) in [6.45, 7) is 0.590. The molecular formula is C20H18IN3O3. The van der Waals surface area contributed by atoms with E-state index in [2.05, 4.69) is 32.9 Å². The Balaban J connectivity index is 1.83. The molecule has 0 saturated heterocycles. The highest BCUT2D eigenvalue weighted by molar-refractivity contribution is 14.1. The van der Waals surface area contributed by atoms with Crippen LogP contribution >= 0.6 is 22.6 Å². The van der Waals surface area contributed by atoms with Gasteiger partial charge in [0, 0.05) is 21.7 Å². The van der Waals surface area contributed by atoms with Crippen molar-refractivity contribution in [2.45, 2.75) is 13.0 Å². The van der Waals surface area contributed by atoms with Gasteiger partial charge in [0.05, 0.1) is 25.6 Å². The van der Waals surface area contributed by atoms with Gasteiger partial charge in [-0.25, -0.2) is 4.79 Å². The van der Waals surface area contributed by atoms with Gasteiger partial charge >= 0.3 is 5.69 Å². The standard InChI is InChI=1S/C20H18IN3O3/c1-26-17-9-12-7-8-24-16(13(12)10-18(17)27-2)11-19(23-20(24)25)22-15-6-4-3-5-14(15)21/h3-6,9-11H,7-8H2,1-2H3,(H,22,23,25). The number of anilines is 2. The first-order valence-corrected chi connectivity index (χ1v) is 9.57. The van der Waals surface area contributed by atoms with E-state index in [1.54, 1.807) is 18.8 Å². The Morgan fingerprint density at radius 2 is 1.85 bits per heavy atom. The van der Waals surface area contributed by atoms with Gasteiger partial charge in [0.2, 0.25) is 0 Å². The number of ether oxygens (including phenoxy) is 2. The summed E-state index contributed by atoms with van der Waals surface area (Å²) in [6, 6.07) is 13.7. The van der Waals surface area contributed by atoms with Crippen molar-refractivity contribution in [2.75, 3.05) is 19.5 Å². The van der Waals surface area contributed by atoms with Crippen LogP contribution in [0, 0.1) is 3.57 Å². The van der Waals surface area contributed by atoms with Gasteiger partial charge in [-0.05, 0) is 58.8 Å². The van der Waals surface area contributed by atoms with Crippen LogP contribution < -0.4 is 20.5 Å². The van der Waals surface area contributed by atoms with Crippen LogP contribution in [0.2, 0.25) is 0 Å². The maximum absolute atomic E-state index is 12.6. The molecule has 0 radical (unpaired) electrons. The number of halogens is 1. The molecule has 1 aliphatic heterocycles. The summed E-state index contributed by atoms with van der Waals surface area (Å²) in [5.41, 5.74) is 3.56. The summed E-state index contributed by atoms with van der Waals surface area (Å²) in [5, 5.41) is 3.26. The van der Waals surface area contributed by atoms with E-state index in [0.717, 1.165) is 32.5 Å². The summed E-state index contributed by atoms with van der Waals surface area (Å²) in [6.07, 6.45) is 0.744. The van der Waals surface area contributed by atoms with E-state index in [-0.39, 0.29) is 5.69 Å². The molecule has 0 amide bonds. The second-order valence-electron chi connectivity index (χ2n) is 6.18. The number of hydrogen-bond donors (Lipinski definition) is 1. The van der Waals surface area contributed by atoms with Crippen molar-refractivity contribution in [2.24, 2.45) is 0 Å². The number of methoxy groups -OCH3 is 2. The van der Waals surface area contributed by atoms with E-state index >= 15 is 0 Å². The van der Waals surface area contributed by atoms with Gasteiger partial charge in [0.25, 0.3) is 0 Å². The van der Waals surface area contributed by atoms with E-state index in [4.69, 9.17) is 9.47 Å². The van der Waals surface area contributed by atoms with Crippen LogP contribution in [0.15, 0.2) is 47.3 Å². The molecule has 0 fully saturated rings. The molecule has 4 rings (SSSR count). The first-order valence-electron chi connectivity index (χ1n) is 8.49. The van der Waals surface area contributed by atoms with Gasteiger partial charge in [0.15, 0.2) is 11.5 Å². The van der Waals surface area contributed by atoms with Crippen LogP contribution in [0.1, 0.15) is 5.56 Å². The summed E-state index contributed by atoms with van der Waals surface area (Å²) < 4.78 is 13.6. The highest BCUT2D eigenvalue weighted by Crippen LogP contribution is 2.38. The van der Waals surface area contributed by atoms with Crippen LogP contribution in [0.5, 0.6) is 11.5 Å². The molecule has 0 saturated carbocycles. The topological polar surface area (TPSA) is 65.4 Å². The quantitative estimate of drug-likeness (QED) is 0.582. The minimum absolute atomic E-state index is 0.263. The van der Waals surface area contributed by atoms with Crippen molar-refractivity contribution in [3.63, 3.8) is 0 Å². The van der Waals surface area contributed by atoms with E-state index < -0.39 is 0 Å². The zero-order valence-electron chi connectivity index (χ0n) is 15.0. The molecule has 3 aromatic rings. The molecule has 2 heterocycles. The molecule has 6 nitrogen and oxygen atoms in total. The van der Waals surface area contributed by atoms with Crippen LogP contribution in [-0.4, -0.2) is 23.8 Å². The molecule has 0 spiro atoms. The van der Waals surface area contributed by atoms with Crippen molar-refractivity contribution >= 4 is 34.1 Å². The number of rotatable bonds is 4. The third-order valence-electron chi connectivity index (χ3n) is 4.64. The number of nitrogens with one attached hydrogen (secondary N) is 1. The molecule has 27 heavy (non-hydrogen) atoms. The van der Waals surface area contributed by atoms with Gasteiger partial charge in [-0.2, -0.15) is 4.98 Å². The molecule has 0 atom stereocenters. The fourth-order valence-electron chi connectivity index (χ4n) is 3.31. The zero-order chi connectivity index (χ0) is 19.0. The lowest BCUT2D eigenvalue weighted by molar-refractivity contribution is 0.354. The molecule has 1 aliphatic rings. The number of nitrogens with zero attached hydrogens (tertiary/aromatic N) is 2. The smallest absolute Gasteiger partial charge is 0.350 e. The monoisotopic (exact) mass is 475 g/mol. The largest absolute Gasteiger partial charge is 0.493 e. The van der Waals surface area contributed by atoms with Gasteiger partial charge in [-0.3, -0.25) is 4.57 Å². The molecular weight excluding hydrogens is 457 g/mol. The van der Waals surface area contributed by atoms with E-state index in [1.165, 1.54) is 0 Å². The van der Waals surface area contributed by atoms with E-state index in [0.29, 0.717) is 23.9 Å². The number of para-hydroxylation sites is 1. The molecule has 0 unspecified atom stereocenters. The van der Waals surface area contributed by atoms with Crippen molar-refractivity contribution in [1.82, 2.24) is 9.55 Å². The van der Waals surface area contributed by atoms with Crippen molar-refractivity contribution in [1.29, 1.82) is 0 Å². The minimum Gasteiger partial charge on any atom is -0.493 e. The van der Waals surface area contributed by atoms with Gasteiger partial charge in [-0.1, -0.05) is 12.1 Å². The van der Waals surface area contributed by atoms with Crippen LogP contribution in [0.3, 0.4) is 0 Å². The Kier molecular flexibility index (Phi) is 4.77. The first-order chi connectivity index (χ1) is 13.1. The molecule has 138 valence electrons. The number of hydrogen-bond acceptors (Lipinski definition) is 5. The van der Waals surface area contributed by atoms with Crippen LogP contribution in [-0.2, 0) is 13.0 Å². The van der Waals surface area contributed by atoms with Crippen molar-refractivity contribution in [3.8, 4) is 22.8 Å². The van der Waals surface area contributed by atoms with Crippen LogP contribution in [0.4, 0.5) is 11.5 Å². The van der Waals surface area contributed by atoms with Gasteiger partial charge in [-0.15, -0.1) is 0 Å². The lowest BCUT2D eigenvalue weighted by Gasteiger charge is -2.23. The van der Waals surface area contributed by atoms with Crippen LogP contribution in [0.25, 0.3) is 11.3 Å². The Morgan fingerprint density at radius 1 is 1.11 bits per heavy atom. The third kappa shape index (κ3) is 3.27. The average Bonchev–Trinajstić information content (AvgIpc) is 2.68. The average molecular weight is 475 g/mol. The number of aromatic nitrogens is 2. The normalized spacial score (nSPS) is 12.1. The highest BCUT2D eigenvalue weighted by Gasteiger charge is 2.21. The molecule has 2 aromatic carbocycles. The second kappa shape index (κ2) is 7.22. The van der Waals surface area contributed by atoms with Gasteiger partial charge < -0.3 is 14.8 Å². The zero-order valence-corrected chi connectivity index (χ0v) is 17.1. The summed E-state index contributed by atoms with van der Waals surface area (Å²) in [7, 11) is 3.23. The number of benzene rings is 2. The molecule has 0 bridgehead atoms. The lowest BCUT2D eigenvalue weighted by atomic mass is 9.97. The van der Waals surface area contributed by atoms with E-state index in [1.807, 2.05) is 42.5 Å².